The molecule has 2 nitrogen and oxygen atoms in total. The second-order valence-electron chi connectivity index (χ2n) is 8.48. The first-order valence-corrected chi connectivity index (χ1v) is 11.0. The zero-order chi connectivity index (χ0) is 17.5. The van der Waals surface area contributed by atoms with Gasteiger partial charge in [0.05, 0.1) is 23.2 Å². The van der Waals surface area contributed by atoms with Crippen LogP contribution in [-0.2, 0) is 12.8 Å². The van der Waals surface area contributed by atoms with Crippen LogP contribution in [-0.4, -0.2) is 23.5 Å². The van der Waals surface area contributed by atoms with E-state index in [1.54, 1.807) is 16.8 Å². The first-order valence-electron chi connectivity index (χ1n) is 11.0. The first-order chi connectivity index (χ1) is 12.3. The molecule has 3 heteroatoms. The molecule has 1 saturated heterocycles. The molecule has 1 N–H and O–H groups in total. The standard InChI is InChI=1S/C23H39N2.HI/c1-3-4-5-6-7-8-9-10-11-12-22-20-14-13-19-16-18-25(2)23(19)21(20)15-17-24-22;/h15,17,19,23-24H,3-14,16,18H2,1-2H3;1H/q+1;/p-1/t19-,23+;/m0./s1. The molecule has 2 atom stereocenters. The second kappa shape index (κ2) is 11.6. The third-order valence-corrected chi connectivity index (χ3v) is 6.62. The van der Waals surface area contributed by atoms with Gasteiger partial charge >= 0.3 is 0 Å². The molecule has 1 aromatic heterocycles. The quantitative estimate of drug-likeness (QED) is 0.316. The summed E-state index contributed by atoms with van der Waals surface area (Å²) in [5, 5.41) is 0. The molecule has 0 radical (unpaired) electrons. The van der Waals surface area contributed by atoms with Gasteiger partial charge in [-0.1, -0.05) is 58.3 Å². The van der Waals surface area contributed by atoms with Crippen molar-refractivity contribution in [2.24, 2.45) is 5.92 Å². The summed E-state index contributed by atoms with van der Waals surface area (Å²) in [6.45, 7) is 3.57. The summed E-state index contributed by atoms with van der Waals surface area (Å²) in [5.41, 5.74) is 4.84. The van der Waals surface area contributed by atoms with Crippen molar-refractivity contribution in [2.45, 2.75) is 96.4 Å². The minimum absolute atomic E-state index is 0. The van der Waals surface area contributed by atoms with Gasteiger partial charge in [0.1, 0.15) is 11.9 Å². The van der Waals surface area contributed by atoms with Crippen molar-refractivity contribution in [3.05, 3.63) is 29.1 Å². The number of pyridine rings is 1. The predicted molar refractivity (Wildman–Crippen MR) is 108 cm³/mol. The number of aryl methyl sites for hydroxylation is 1. The molecule has 0 aromatic carbocycles. The minimum Gasteiger partial charge on any atom is -1.00 e. The van der Waals surface area contributed by atoms with E-state index >= 15 is 0 Å². The lowest BCUT2D eigenvalue weighted by Crippen LogP contribution is -3.00. The third kappa shape index (κ3) is 5.67. The molecule has 0 saturated carbocycles. The summed E-state index contributed by atoms with van der Waals surface area (Å²) in [4.78, 5) is 6.19. The molecule has 1 aromatic rings. The molecule has 0 bridgehead atoms. The van der Waals surface area contributed by atoms with Gasteiger partial charge in [-0.3, -0.25) is 9.88 Å². The van der Waals surface area contributed by atoms with E-state index in [1.807, 2.05) is 0 Å². The zero-order valence-electron chi connectivity index (χ0n) is 17.0. The lowest BCUT2D eigenvalue weighted by molar-refractivity contribution is -0.00000544. The molecule has 3 rings (SSSR count). The van der Waals surface area contributed by atoms with E-state index in [1.165, 1.54) is 90.0 Å². The predicted octanol–water partition coefficient (Wildman–Crippen LogP) is 3.31. The number of unbranched alkanes of at least 4 members (excludes halogenated alkanes) is 8. The zero-order valence-corrected chi connectivity index (χ0v) is 19.2. The number of aromatic nitrogens is 1. The summed E-state index contributed by atoms with van der Waals surface area (Å²) >= 11 is 0. The maximum absolute atomic E-state index is 3.60. The van der Waals surface area contributed by atoms with Crippen molar-refractivity contribution in [3.63, 3.8) is 0 Å². The van der Waals surface area contributed by atoms with Gasteiger partial charge in [0.25, 0.3) is 0 Å². The number of nitrogens with zero attached hydrogens (tertiary/aromatic N) is 1. The van der Waals surface area contributed by atoms with E-state index in [9.17, 15) is 0 Å². The lowest BCUT2D eigenvalue weighted by atomic mass is 9.79. The van der Waals surface area contributed by atoms with E-state index in [4.69, 9.17) is 0 Å². The van der Waals surface area contributed by atoms with Crippen LogP contribution in [0.15, 0.2) is 12.3 Å². The van der Waals surface area contributed by atoms with Gasteiger partial charge in [-0.15, -0.1) is 0 Å². The number of fused-ring (bicyclic) bond motifs is 3. The fourth-order valence-corrected chi connectivity index (χ4v) is 5.15. The van der Waals surface area contributed by atoms with Crippen LogP contribution >= 0.6 is 0 Å². The van der Waals surface area contributed by atoms with Crippen LogP contribution in [0.3, 0.4) is 0 Å². The van der Waals surface area contributed by atoms with Crippen LogP contribution in [0.2, 0.25) is 0 Å². The molecular weight excluding hydrogens is 431 g/mol. The highest BCUT2D eigenvalue weighted by Crippen LogP contribution is 2.44. The molecule has 1 aliphatic carbocycles. The maximum atomic E-state index is 3.60. The monoisotopic (exact) mass is 470 g/mol. The number of H-pyrrole nitrogens is 1. The molecule has 0 spiro atoms. The number of hydrogen-bond donors (Lipinski definition) is 1. The molecule has 148 valence electrons. The summed E-state index contributed by atoms with van der Waals surface area (Å²) in [6.07, 6.45) is 20.3. The van der Waals surface area contributed by atoms with E-state index in [-0.39, 0.29) is 24.0 Å². The molecule has 2 aliphatic rings. The van der Waals surface area contributed by atoms with E-state index in [0.29, 0.717) is 6.04 Å². The van der Waals surface area contributed by atoms with Gasteiger partial charge in [-0.25, -0.2) is 0 Å². The summed E-state index contributed by atoms with van der Waals surface area (Å²) in [7, 11) is 2.32. The Bertz CT molecular complexity index is 531. The third-order valence-electron chi connectivity index (χ3n) is 6.62. The SMILES string of the molecule is CCCCCCCCCCC[c+]1[nH]ccc2c1CC[C@H]1CCN(C)[C@@H]21.[I-]. The van der Waals surface area contributed by atoms with Crippen LogP contribution in [0, 0.1) is 5.92 Å². The molecular formula is C23H39IN2. The van der Waals surface area contributed by atoms with E-state index < -0.39 is 0 Å². The Kier molecular flexibility index (Phi) is 9.90. The molecule has 26 heavy (non-hydrogen) atoms. The number of likely N-dealkylation sites (tertiary alicyclic amines) is 1. The van der Waals surface area contributed by atoms with Gasteiger partial charge in [-0.05, 0) is 45.2 Å². The largest absolute Gasteiger partial charge is 1.00 e. The van der Waals surface area contributed by atoms with Crippen molar-refractivity contribution in [2.75, 3.05) is 13.6 Å². The Morgan fingerprint density at radius 3 is 2.46 bits per heavy atom. The van der Waals surface area contributed by atoms with Crippen molar-refractivity contribution in [3.8, 4) is 0 Å². The number of rotatable bonds is 10. The van der Waals surface area contributed by atoms with Crippen molar-refractivity contribution in [1.82, 2.24) is 9.88 Å². The van der Waals surface area contributed by atoms with E-state index in [2.05, 4.69) is 36.1 Å². The lowest BCUT2D eigenvalue weighted by Gasteiger charge is -2.28. The van der Waals surface area contributed by atoms with Crippen LogP contribution < -0.4 is 24.0 Å². The molecule has 0 unspecified atom stereocenters. The summed E-state index contributed by atoms with van der Waals surface area (Å²) in [6, 6.07) is 3.06. The highest BCUT2D eigenvalue weighted by molar-refractivity contribution is 5.36. The number of halogens is 1. The first kappa shape index (κ1) is 22.1. The number of nitrogens with one attached hydrogen (secondary N) is 1. The maximum Gasteiger partial charge on any atom is 0.119 e. The minimum atomic E-state index is 0. The van der Waals surface area contributed by atoms with Gasteiger partial charge < -0.3 is 24.0 Å². The number of aromatic amines is 1. The van der Waals surface area contributed by atoms with Crippen molar-refractivity contribution >= 4 is 0 Å². The molecule has 1 aliphatic heterocycles. The summed E-state index contributed by atoms with van der Waals surface area (Å²) < 4.78 is 0. The fraction of sp³-hybridized carbons (Fsp3) is 0.783. The van der Waals surface area contributed by atoms with Crippen LogP contribution in [0.4, 0.5) is 0 Å². The Balaban J connectivity index is 0.00000243. The van der Waals surface area contributed by atoms with E-state index in [0.717, 1.165) is 5.92 Å². The highest BCUT2D eigenvalue weighted by atomic mass is 127. The number of hydrogen-bond acceptors (Lipinski definition) is 1. The topological polar surface area (TPSA) is 19.0 Å². The smallest absolute Gasteiger partial charge is 0.119 e. The van der Waals surface area contributed by atoms with Crippen molar-refractivity contribution in [1.29, 1.82) is 0 Å². The van der Waals surface area contributed by atoms with Gasteiger partial charge in [0.2, 0.25) is 0 Å². The van der Waals surface area contributed by atoms with Gasteiger partial charge in [-0.2, -0.15) is 0 Å². The van der Waals surface area contributed by atoms with Gasteiger partial charge in [0, 0.05) is 6.42 Å². The summed E-state index contributed by atoms with van der Waals surface area (Å²) in [5.74, 6) is 0.903. The fourth-order valence-electron chi connectivity index (χ4n) is 5.15. The van der Waals surface area contributed by atoms with Crippen LogP contribution in [0.25, 0.3) is 0 Å². The Hall–Kier alpha value is -0.160. The van der Waals surface area contributed by atoms with Crippen molar-refractivity contribution < 1.29 is 24.0 Å². The molecule has 2 heterocycles. The Morgan fingerprint density at radius 1 is 1.04 bits per heavy atom. The normalized spacial score (nSPS) is 21.9. The van der Waals surface area contributed by atoms with Crippen LogP contribution in [0.5, 0.6) is 0 Å². The van der Waals surface area contributed by atoms with Crippen LogP contribution in [0.1, 0.15) is 100 Å². The van der Waals surface area contributed by atoms with Gasteiger partial charge in [0.15, 0.2) is 0 Å². The average molecular weight is 470 g/mol. The Labute approximate surface area is 178 Å². The highest BCUT2D eigenvalue weighted by Gasteiger charge is 2.41. The second-order valence-corrected chi connectivity index (χ2v) is 8.48. The molecule has 1 fully saturated rings. The molecule has 0 amide bonds. The Morgan fingerprint density at radius 2 is 1.73 bits per heavy atom. The average Bonchev–Trinajstić information content (AvgIpc) is 3.02.